The number of hydrogen-bond donors (Lipinski definition) is 2. The van der Waals surface area contributed by atoms with Crippen LogP contribution in [-0.2, 0) is 13.0 Å². The third-order valence-electron chi connectivity index (χ3n) is 1.99. The molecular weight excluding hydrogens is 140 g/mol. The van der Waals surface area contributed by atoms with Crippen molar-refractivity contribution in [2.75, 3.05) is 6.54 Å². The first kappa shape index (κ1) is 6.61. The molecule has 11 heavy (non-hydrogen) atoms. The van der Waals surface area contributed by atoms with Gasteiger partial charge in [0.15, 0.2) is 0 Å². The van der Waals surface area contributed by atoms with Crippen molar-refractivity contribution < 1.29 is 5.11 Å². The summed E-state index contributed by atoms with van der Waals surface area (Å²) < 4.78 is 0. The lowest BCUT2D eigenvalue weighted by atomic mass is 10.0. The maximum absolute atomic E-state index is 9.37. The highest BCUT2D eigenvalue weighted by molar-refractivity contribution is 5.37. The molecule has 0 unspecified atom stereocenters. The molecule has 2 N–H and O–H groups in total. The van der Waals surface area contributed by atoms with Gasteiger partial charge in [-0.05, 0) is 18.5 Å². The molecule has 3 nitrogen and oxygen atoms in total. The van der Waals surface area contributed by atoms with E-state index in [1.54, 1.807) is 6.20 Å². The topological polar surface area (TPSA) is 45.2 Å². The fourth-order valence-corrected chi connectivity index (χ4v) is 1.40. The first-order chi connectivity index (χ1) is 5.38. The summed E-state index contributed by atoms with van der Waals surface area (Å²) in [5, 5.41) is 12.6. The lowest BCUT2D eigenvalue weighted by molar-refractivity contribution is 0.458. The molecule has 2 rings (SSSR count). The maximum Gasteiger partial charge on any atom is 0.137 e. The molecule has 1 aromatic rings. The van der Waals surface area contributed by atoms with E-state index in [-0.39, 0.29) is 0 Å². The molecule has 0 fully saturated rings. The van der Waals surface area contributed by atoms with Gasteiger partial charge in [0, 0.05) is 18.3 Å². The molecular formula is C8H10N2O. The molecule has 0 amide bonds. The number of nitrogens with one attached hydrogen (secondary N) is 1. The Labute approximate surface area is 65.1 Å². The van der Waals surface area contributed by atoms with Gasteiger partial charge in [0.1, 0.15) is 5.75 Å². The van der Waals surface area contributed by atoms with Crippen LogP contribution in [0.4, 0.5) is 0 Å². The second-order valence-corrected chi connectivity index (χ2v) is 2.72. The Balaban J connectivity index is 2.49. The number of rotatable bonds is 0. The van der Waals surface area contributed by atoms with E-state index in [9.17, 15) is 5.11 Å². The van der Waals surface area contributed by atoms with E-state index >= 15 is 0 Å². The van der Waals surface area contributed by atoms with Gasteiger partial charge in [0.2, 0.25) is 0 Å². The summed E-state index contributed by atoms with van der Waals surface area (Å²) in [4.78, 5) is 3.91. The summed E-state index contributed by atoms with van der Waals surface area (Å²) in [5.74, 6) is 0.337. The van der Waals surface area contributed by atoms with E-state index in [0.29, 0.717) is 5.75 Å². The first-order valence-electron chi connectivity index (χ1n) is 3.73. The lowest BCUT2D eigenvalue weighted by Gasteiger charge is -2.16. The molecule has 2 heterocycles. The molecule has 0 atom stereocenters. The second kappa shape index (κ2) is 2.51. The zero-order valence-electron chi connectivity index (χ0n) is 6.17. The standard InChI is InChI=1S/C8H10N2O/c11-8-5-10-4-6-3-9-2-1-7(6)8/h4-5,9,11H,1-3H2. The Morgan fingerprint density at radius 3 is 3.18 bits per heavy atom. The number of fused-ring (bicyclic) bond motifs is 1. The highest BCUT2D eigenvalue weighted by Crippen LogP contribution is 2.21. The fourth-order valence-electron chi connectivity index (χ4n) is 1.40. The van der Waals surface area contributed by atoms with Gasteiger partial charge in [-0.3, -0.25) is 4.98 Å². The summed E-state index contributed by atoms with van der Waals surface area (Å²) in [6, 6.07) is 0. The molecule has 0 spiro atoms. The van der Waals surface area contributed by atoms with Crippen molar-refractivity contribution in [1.82, 2.24) is 10.3 Å². The van der Waals surface area contributed by atoms with Gasteiger partial charge in [0.25, 0.3) is 0 Å². The molecule has 0 bridgehead atoms. The highest BCUT2D eigenvalue weighted by Gasteiger charge is 2.11. The smallest absolute Gasteiger partial charge is 0.137 e. The molecule has 0 saturated heterocycles. The van der Waals surface area contributed by atoms with Gasteiger partial charge < -0.3 is 10.4 Å². The zero-order chi connectivity index (χ0) is 7.68. The molecule has 1 aliphatic heterocycles. The number of aromatic hydroxyl groups is 1. The Bertz CT molecular complexity index is 273. The lowest BCUT2D eigenvalue weighted by Crippen LogP contribution is -2.23. The van der Waals surface area contributed by atoms with E-state index in [0.717, 1.165) is 30.6 Å². The van der Waals surface area contributed by atoms with Crippen LogP contribution in [0.15, 0.2) is 12.4 Å². The molecule has 3 heteroatoms. The van der Waals surface area contributed by atoms with Crippen molar-refractivity contribution in [1.29, 1.82) is 0 Å². The van der Waals surface area contributed by atoms with Crippen molar-refractivity contribution in [3.8, 4) is 5.75 Å². The number of aromatic nitrogens is 1. The fraction of sp³-hybridized carbons (Fsp3) is 0.375. The second-order valence-electron chi connectivity index (χ2n) is 2.72. The normalized spacial score (nSPS) is 16.0. The quantitative estimate of drug-likeness (QED) is 0.564. The maximum atomic E-state index is 9.37. The van der Waals surface area contributed by atoms with E-state index in [4.69, 9.17) is 0 Å². The van der Waals surface area contributed by atoms with E-state index in [2.05, 4.69) is 10.3 Å². The van der Waals surface area contributed by atoms with Crippen LogP contribution >= 0.6 is 0 Å². The summed E-state index contributed by atoms with van der Waals surface area (Å²) in [7, 11) is 0. The summed E-state index contributed by atoms with van der Waals surface area (Å²) in [6.45, 7) is 1.78. The summed E-state index contributed by atoms with van der Waals surface area (Å²) in [6.07, 6.45) is 4.22. The van der Waals surface area contributed by atoms with Gasteiger partial charge in [-0.25, -0.2) is 0 Å². The van der Waals surface area contributed by atoms with E-state index in [1.807, 2.05) is 0 Å². The van der Waals surface area contributed by atoms with Gasteiger partial charge >= 0.3 is 0 Å². The minimum absolute atomic E-state index is 0.337. The SMILES string of the molecule is Oc1cncc2c1CCNC2. The van der Waals surface area contributed by atoms with E-state index < -0.39 is 0 Å². The number of hydrogen-bond acceptors (Lipinski definition) is 3. The van der Waals surface area contributed by atoms with Crippen LogP contribution in [0.1, 0.15) is 11.1 Å². The Morgan fingerprint density at radius 1 is 1.45 bits per heavy atom. The van der Waals surface area contributed by atoms with Crippen LogP contribution in [0, 0.1) is 0 Å². The number of nitrogens with zero attached hydrogens (tertiary/aromatic N) is 1. The molecule has 1 aliphatic rings. The van der Waals surface area contributed by atoms with Gasteiger partial charge in [0.05, 0.1) is 6.20 Å². The van der Waals surface area contributed by atoms with Crippen molar-refractivity contribution in [3.63, 3.8) is 0 Å². The molecule has 1 aromatic heterocycles. The van der Waals surface area contributed by atoms with Crippen molar-refractivity contribution in [2.45, 2.75) is 13.0 Å². The largest absolute Gasteiger partial charge is 0.506 e. The van der Waals surface area contributed by atoms with Crippen molar-refractivity contribution in [3.05, 3.63) is 23.5 Å². The van der Waals surface area contributed by atoms with Crippen LogP contribution in [0.3, 0.4) is 0 Å². The van der Waals surface area contributed by atoms with Crippen LogP contribution in [-0.4, -0.2) is 16.6 Å². The van der Waals surface area contributed by atoms with E-state index in [1.165, 1.54) is 6.20 Å². The third kappa shape index (κ3) is 1.07. The summed E-state index contributed by atoms with van der Waals surface area (Å²) >= 11 is 0. The van der Waals surface area contributed by atoms with Gasteiger partial charge in [-0.15, -0.1) is 0 Å². The average Bonchev–Trinajstić information content (AvgIpc) is 2.06. The van der Waals surface area contributed by atoms with Crippen molar-refractivity contribution >= 4 is 0 Å². The Morgan fingerprint density at radius 2 is 2.36 bits per heavy atom. The summed E-state index contributed by atoms with van der Waals surface area (Å²) in [5.41, 5.74) is 2.18. The molecule has 0 aromatic carbocycles. The Hall–Kier alpha value is -1.09. The van der Waals surface area contributed by atoms with Crippen LogP contribution in [0.2, 0.25) is 0 Å². The predicted octanol–water partition coefficient (Wildman–Crippen LogP) is 0.433. The number of pyridine rings is 1. The van der Waals surface area contributed by atoms with Crippen molar-refractivity contribution in [2.24, 2.45) is 0 Å². The molecule has 58 valence electrons. The molecule has 0 aliphatic carbocycles. The predicted molar refractivity (Wildman–Crippen MR) is 41.3 cm³/mol. The average molecular weight is 150 g/mol. The minimum Gasteiger partial charge on any atom is -0.506 e. The Kier molecular flexibility index (Phi) is 1.51. The minimum atomic E-state index is 0.337. The third-order valence-corrected chi connectivity index (χ3v) is 1.99. The monoisotopic (exact) mass is 150 g/mol. The van der Waals surface area contributed by atoms with Gasteiger partial charge in [-0.1, -0.05) is 0 Å². The molecule has 0 saturated carbocycles. The zero-order valence-corrected chi connectivity index (χ0v) is 6.17. The highest BCUT2D eigenvalue weighted by atomic mass is 16.3. The first-order valence-corrected chi connectivity index (χ1v) is 3.73. The van der Waals surface area contributed by atoms with Gasteiger partial charge in [-0.2, -0.15) is 0 Å². The molecule has 0 radical (unpaired) electrons. The van der Waals surface area contributed by atoms with Crippen LogP contribution in [0.25, 0.3) is 0 Å². The van der Waals surface area contributed by atoms with Crippen LogP contribution < -0.4 is 5.32 Å². The van der Waals surface area contributed by atoms with Crippen LogP contribution in [0.5, 0.6) is 5.75 Å².